The van der Waals surface area contributed by atoms with E-state index in [0.29, 0.717) is 5.92 Å². The summed E-state index contributed by atoms with van der Waals surface area (Å²) in [7, 11) is 0. The van der Waals surface area contributed by atoms with Gasteiger partial charge in [-0.3, -0.25) is 4.68 Å². The second-order valence-corrected chi connectivity index (χ2v) is 3.27. The van der Waals surface area contributed by atoms with Gasteiger partial charge in [-0.15, -0.1) is 0 Å². The van der Waals surface area contributed by atoms with E-state index in [1.807, 2.05) is 10.9 Å². The molecule has 0 aliphatic carbocycles. The van der Waals surface area contributed by atoms with E-state index in [2.05, 4.69) is 40.9 Å². The summed E-state index contributed by atoms with van der Waals surface area (Å²) in [5, 5.41) is 5.20. The molecule has 0 fully saturated rings. The Morgan fingerprint density at radius 2 is 2.45 bits per heavy atom. The number of hydrogen-bond donors (Lipinski definition) is 0. The standard InChI is InChI=1S/C8H13BrN2/c1-3-11-8(4-5-10-11)7(2)6-9/h4-5,7H,3,6H2,1-2H3. The monoisotopic (exact) mass is 216 g/mol. The first kappa shape index (κ1) is 8.78. The van der Waals surface area contributed by atoms with Crippen molar-refractivity contribution >= 4 is 15.9 Å². The molecule has 1 heterocycles. The molecule has 0 saturated heterocycles. The van der Waals surface area contributed by atoms with Crippen LogP contribution in [0.5, 0.6) is 0 Å². The molecule has 0 amide bonds. The van der Waals surface area contributed by atoms with Crippen LogP contribution < -0.4 is 0 Å². The van der Waals surface area contributed by atoms with Gasteiger partial charge in [0.2, 0.25) is 0 Å². The summed E-state index contributed by atoms with van der Waals surface area (Å²) in [6, 6.07) is 2.08. The quantitative estimate of drug-likeness (QED) is 0.711. The lowest BCUT2D eigenvalue weighted by Crippen LogP contribution is -2.06. The zero-order valence-electron chi connectivity index (χ0n) is 6.92. The molecule has 0 saturated carbocycles. The maximum Gasteiger partial charge on any atom is 0.0492 e. The molecule has 0 N–H and O–H groups in total. The molecule has 1 unspecified atom stereocenters. The molecule has 3 heteroatoms. The third-order valence-electron chi connectivity index (χ3n) is 1.79. The number of alkyl halides is 1. The van der Waals surface area contributed by atoms with Gasteiger partial charge in [-0.2, -0.15) is 5.10 Å². The molecule has 1 rings (SSSR count). The van der Waals surface area contributed by atoms with Crippen molar-refractivity contribution in [2.45, 2.75) is 26.3 Å². The summed E-state index contributed by atoms with van der Waals surface area (Å²) >= 11 is 3.46. The van der Waals surface area contributed by atoms with Crippen LogP contribution >= 0.6 is 15.9 Å². The molecule has 1 aromatic heterocycles. The van der Waals surface area contributed by atoms with Crippen LogP contribution in [0, 0.1) is 0 Å². The minimum Gasteiger partial charge on any atom is -0.270 e. The van der Waals surface area contributed by atoms with E-state index in [-0.39, 0.29) is 0 Å². The predicted molar refractivity (Wildman–Crippen MR) is 50.1 cm³/mol. The van der Waals surface area contributed by atoms with Gasteiger partial charge in [0, 0.05) is 29.7 Å². The molecule has 0 aliphatic rings. The lowest BCUT2D eigenvalue weighted by Gasteiger charge is -2.09. The second kappa shape index (κ2) is 3.90. The summed E-state index contributed by atoms with van der Waals surface area (Å²) in [5.41, 5.74) is 1.31. The Balaban J connectivity index is 2.83. The first-order chi connectivity index (χ1) is 5.29. The number of aryl methyl sites for hydroxylation is 1. The van der Waals surface area contributed by atoms with Gasteiger partial charge in [-0.1, -0.05) is 22.9 Å². The van der Waals surface area contributed by atoms with Crippen molar-refractivity contribution in [2.75, 3.05) is 5.33 Å². The average Bonchev–Trinajstić information content (AvgIpc) is 2.50. The summed E-state index contributed by atoms with van der Waals surface area (Å²) in [6.07, 6.45) is 1.86. The summed E-state index contributed by atoms with van der Waals surface area (Å²) in [5.74, 6) is 0.553. The summed E-state index contributed by atoms with van der Waals surface area (Å²) in [6.45, 7) is 5.26. The molecule has 0 aromatic carbocycles. The smallest absolute Gasteiger partial charge is 0.0492 e. The van der Waals surface area contributed by atoms with Gasteiger partial charge in [0.05, 0.1) is 0 Å². The third kappa shape index (κ3) is 1.83. The fraction of sp³-hybridized carbons (Fsp3) is 0.625. The van der Waals surface area contributed by atoms with Crippen molar-refractivity contribution in [3.8, 4) is 0 Å². The number of rotatable bonds is 3. The maximum atomic E-state index is 4.20. The van der Waals surface area contributed by atoms with E-state index in [9.17, 15) is 0 Å². The van der Waals surface area contributed by atoms with Crippen LogP contribution in [0.15, 0.2) is 12.3 Å². The zero-order valence-corrected chi connectivity index (χ0v) is 8.50. The fourth-order valence-corrected chi connectivity index (χ4v) is 1.44. The number of halogens is 1. The normalized spacial score (nSPS) is 13.4. The van der Waals surface area contributed by atoms with Gasteiger partial charge in [0.1, 0.15) is 0 Å². The summed E-state index contributed by atoms with van der Waals surface area (Å²) in [4.78, 5) is 0. The molecule has 1 atom stereocenters. The molecule has 2 nitrogen and oxygen atoms in total. The van der Waals surface area contributed by atoms with Crippen molar-refractivity contribution < 1.29 is 0 Å². The lowest BCUT2D eigenvalue weighted by molar-refractivity contribution is 0.601. The lowest BCUT2D eigenvalue weighted by atomic mass is 10.1. The Hall–Kier alpha value is -0.310. The highest BCUT2D eigenvalue weighted by atomic mass is 79.9. The predicted octanol–water partition coefficient (Wildman–Crippen LogP) is 2.40. The van der Waals surface area contributed by atoms with Gasteiger partial charge in [-0.05, 0) is 13.0 Å². The van der Waals surface area contributed by atoms with Crippen molar-refractivity contribution in [1.29, 1.82) is 0 Å². The molecule has 11 heavy (non-hydrogen) atoms. The Bertz CT molecular complexity index is 220. The Morgan fingerprint density at radius 1 is 1.73 bits per heavy atom. The average molecular weight is 217 g/mol. The zero-order chi connectivity index (χ0) is 8.27. The highest BCUT2D eigenvalue weighted by Crippen LogP contribution is 2.16. The van der Waals surface area contributed by atoms with Crippen LogP contribution in [0.3, 0.4) is 0 Å². The van der Waals surface area contributed by atoms with Crippen molar-refractivity contribution in [3.63, 3.8) is 0 Å². The molecule has 0 aliphatic heterocycles. The SMILES string of the molecule is CCn1nccc1C(C)CBr. The maximum absolute atomic E-state index is 4.20. The van der Waals surface area contributed by atoms with Gasteiger partial charge >= 0.3 is 0 Å². The topological polar surface area (TPSA) is 17.8 Å². The Morgan fingerprint density at radius 3 is 3.00 bits per heavy atom. The van der Waals surface area contributed by atoms with E-state index >= 15 is 0 Å². The van der Waals surface area contributed by atoms with E-state index in [0.717, 1.165) is 11.9 Å². The minimum absolute atomic E-state index is 0.553. The Kier molecular flexibility index (Phi) is 3.12. The second-order valence-electron chi connectivity index (χ2n) is 2.63. The van der Waals surface area contributed by atoms with Gasteiger partial charge in [0.15, 0.2) is 0 Å². The first-order valence-corrected chi connectivity index (χ1v) is 4.99. The third-order valence-corrected chi connectivity index (χ3v) is 2.76. The molecule has 1 aromatic rings. The Labute approximate surface area is 75.7 Å². The van der Waals surface area contributed by atoms with Crippen LogP contribution in [0.2, 0.25) is 0 Å². The summed E-state index contributed by atoms with van der Waals surface area (Å²) < 4.78 is 2.03. The molecule has 0 radical (unpaired) electrons. The molecule has 0 spiro atoms. The van der Waals surface area contributed by atoms with Crippen LogP contribution in [0.1, 0.15) is 25.5 Å². The molecular weight excluding hydrogens is 204 g/mol. The van der Waals surface area contributed by atoms with E-state index in [1.165, 1.54) is 5.69 Å². The van der Waals surface area contributed by atoms with Crippen molar-refractivity contribution in [1.82, 2.24) is 9.78 Å². The van der Waals surface area contributed by atoms with Gasteiger partial charge in [-0.25, -0.2) is 0 Å². The number of nitrogens with zero attached hydrogens (tertiary/aromatic N) is 2. The molecule has 0 bridgehead atoms. The fourth-order valence-electron chi connectivity index (χ4n) is 1.10. The van der Waals surface area contributed by atoms with Crippen LogP contribution in [-0.4, -0.2) is 15.1 Å². The first-order valence-electron chi connectivity index (χ1n) is 3.87. The molecular formula is C8H13BrN2. The van der Waals surface area contributed by atoms with E-state index in [4.69, 9.17) is 0 Å². The van der Waals surface area contributed by atoms with Crippen molar-refractivity contribution in [3.05, 3.63) is 18.0 Å². The van der Waals surface area contributed by atoms with Gasteiger partial charge < -0.3 is 0 Å². The number of hydrogen-bond acceptors (Lipinski definition) is 1. The minimum atomic E-state index is 0.553. The largest absolute Gasteiger partial charge is 0.270 e. The highest BCUT2D eigenvalue weighted by Gasteiger charge is 2.07. The van der Waals surface area contributed by atoms with E-state index < -0.39 is 0 Å². The van der Waals surface area contributed by atoms with E-state index in [1.54, 1.807) is 0 Å². The van der Waals surface area contributed by atoms with Crippen LogP contribution in [0.25, 0.3) is 0 Å². The number of aromatic nitrogens is 2. The highest BCUT2D eigenvalue weighted by molar-refractivity contribution is 9.09. The van der Waals surface area contributed by atoms with Crippen LogP contribution in [0.4, 0.5) is 0 Å². The van der Waals surface area contributed by atoms with Gasteiger partial charge in [0.25, 0.3) is 0 Å². The molecule has 62 valence electrons. The van der Waals surface area contributed by atoms with Crippen LogP contribution in [-0.2, 0) is 6.54 Å². The van der Waals surface area contributed by atoms with Crippen molar-refractivity contribution in [2.24, 2.45) is 0 Å².